The van der Waals surface area contributed by atoms with Gasteiger partial charge in [0.15, 0.2) is 0 Å². The average molecular weight is 279 g/mol. The summed E-state index contributed by atoms with van der Waals surface area (Å²) in [6.07, 6.45) is 7.87. The average Bonchev–Trinajstić information content (AvgIpc) is 2.79. The largest absolute Gasteiger partial charge is 0.444 e. The lowest BCUT2D eigenvalue weighted by molar-refractivity contribution is 0.0482. The van der Waals surface area contributed by atoms with Crippen LogP contribution in [0.2, 0.25) is 0 Å². The molecule has 1 saturated carbocycles. The molecule has 2 unspecified atom stereocenters. The van der Waals surface area contributed by atoms with E-state index >= 15 is 0 Å². The summed E-state index contributed by atoms with van der Waals surface area (Å²) in [6, 6.07) is 2.17. The van der Waals surface area contributed by atoms with Crippen molar-refractivity contribution in [1.29, 1.82) is 0 Å². The minimum absolute atomic E-state index is 0.221. The zero-order chi connectivity index (χ0) is 14.6. The maximum Gasteiger partial charge on any atom is 0.407 e. The van der Waals surface area contributed by atoms with Crippen LogP contribution in [0.4, 0.5) is 4.79 Å². The van der Waals surface area contributed by atoms with Gasteiger partial charge in [0.2, 0.25) is 0 Å². The Hall–Kier alpha value is -1.52. The number of carbonyl (C=O) groups is 1. The zero-order valence-electron chi connectivity index (χ0n) is 12.6. The Labute approximate surface area is 120 Å². The van der Waals surface area contributed by atoms with Gasteiger partial charge in [0.1, 0.15) is 5.60 Å². The molecule has 0 aromatic carbocycles. The van der Waals surface area contributed by atoms with E-state index in [1.54, 1.807) is 6.20 Å². The maximum absolute atomic E-state index is 11.8. The molecule has 0 bridgehead atoms. The summed E-state index contributed by atoms with van der Waals surface area (Å²) in [4.78, 5) is 11.8. The van der Waals surface area contributed by atoms with Crippen LogP contribution in [0, 0.1) is 5.92 Å². The first kappa shape index (κ1) is 14.9. The van der Waals surface area contributed by atoms with Gasteiger partial charge in [-0.2, -0.15) is 5.10 Å². The smallest absolute Gasteiger partial charge is 0.407 e. The van der Waals surface area contributed by atoms with Gasteiger partial charge in [0, 0.05) is 25.0 Å². The van der Waals surface area contributed by atoms with Crippen LogP contribution < -0.4 is 5.32 Å². The minimum Gasteiger partial charge on any atom is -0.444 e. The molecule has 1 aliphatic carbocycles. The second kappa shape index (κ2) is 6.29. The van der Waals surface area contributed by atoms with E-state index in [4.69, 9.17) is 4.74 Å². The van der Waals surface area contributed by atoms with Gasteiger partial charge in [0.25, 0.3) is 0 Å². The number of nitrogens with zero attached hydrogens (tertiary/aromatic N) is 2. The normalized spacial score (nSPS) is 23.4. The highest BCUT2D eigenvalue weighted by Crippen LogP contribution is 2.25. The van der Waals surface area contributed by atoms with Crippen molar-refractivity contribution in [2.75, 3.05) is 0 Å². The van der Waals surface area contributed by atoms with Gasteiger partial charge < -0.3 is 10.1 Å². The highest BCUT2D eigenvalue weighted by Gasteiger charge is 2.25. The van der Waals surface area contributed by atoms with Gasteiger partial charge in [-0.15, -0.1) is 0 Å². The van der Waals surface area contributed by atoms with Gasteiger partial charge in [0.05, 0.1) is 0 Å². The summed E-state index contributed by atoms with van der Waals surface area (Å²) in [5.41, 5.74) is -0.437. The van der Waals surface area contributed by atoms with E-state index in [0.29, 0.717) is 5.92 Å². The number of alkyl carbamates (subject to hydrolysis) is 1. The second-order valence-electron chi connectivity index (χ2n) is 6.60. The van der Waals surface area contributed by atoms with E-state index in [-0.39, 0.29) is 12.1 Å². The van der Waals surface area contributed by atoms with Crippen LogP contribution in [0.5, 0.6) is 0 Å². The highest BCUT2D eigenvalue weighted by atomic mass is 16.6. The Morgan fingerprint density at radius 2 is 2.25 bits per heavy atom. The van der Waals surface area contributed by atoms with Crippen molar-refractivity contribution >= 4 is 6.09 Å². The molecule has 0 radical (unpaired) electrons. The van der Waals surface area contributed by atoms with Crippen molar-refractivity contribution < 1.29 is 9.53 Å². The number of carbonyl (C=O) groups excluding carboxylic acids is 1. The Morgan fingerprint density at radius 1 is 1.45 bits per heavy atom. The van der Waals surface area contributed by atoms with Crippen LogP contribution in [0.15, 0.2) is 18.5 Å². The first-order valence-electron chi connectivity index (χ1n) is 7.39. The van der Waals surface area contributed by atoms with Crippen LogP contribution in [-0.2, 0) is 11.3 Å². The van der Waals surface area contributed by atoms with Gasteiger partial charge in [-0.05, 0) is 52.0 Å². The van der Waals surface area contributed by atoms with E-state index in [2.05, 4.69) is 10.4 Å². The van der Waals surface area contributed by atoms with Crippen molar-refractivity contribution in [3.63, 3.8) is 0 Å². The number of hydrogen-bond acceptors (Lipinski definition) is 3. The molecule has 0 spiro atoms. The summed E-state index contributed by atoms with van der Waals surface area (Å²) in [5, 5.41) is 7.24. The lowest BCUT2D eigenvalue weighted by atomic mass is 9.86. The molecular weight excluding hydrogens is 254 g/mol. The Morgan fingerprint density at radius 3 is 2.90 bits per heavy atom. The first-order chi connectivity index (χ1) is 9.42. The fourth-order valence-corrected chi connectivity index (χ4v) is 2.74. The molecule has 20 heavy (non-hydrogen) atoms. The molecule has 0 aliphatic heterocycles. The lowest BCUT2D eigenvalue weighted by Gasteiger charge is -2.30. The lowest BCUT2D eigenvalue weighted by Crippen LogP contribution is -2.42. The van der Waals surface area contributed by atoms with E-state index in [1.165, 1.54) is 6.42 Å². The van der Waals surface area contributed by atoms with E-state index < -0.39 is 5.60 Å². The molecule has 1 heterocycles. The maximum atomic E-state index is 11.8. The number of rotatable bonds is 3. The standard InChI is InChI=1S/C15H25N3O2/c1-15(2,3)20-14(19)17-13-7-4-6-12(10-13)11-18-9-5-8-16-18/h5,8-9,12-13H,4,6-7,10-11H2,1-3H3,(H,17,19). The molecule has 1 amide bonds. The first-order valence-corrected chi connectivity index (χ1v) is 7.39. The van der Waals surface area contributed by atoms with Crippen LogP contribution in [0.25, 0.3) is 0 Å². The van der Waals surface area contributed by atoms with Gasteiger partial charge in [-0.25, -0.2) is 4.79 Å². The Balaban J connectivity index is 1.80. The molecule has 1 aromatic heterocycles. The third kappa shape index (κ3) is 4.87. The third-order valence-corrected chi connectivity index (χ3v) is 3.51. The molecule has 112 valence electrons. The number of nitrogens with one attached hydrogen (secondary N) is 1. The molecule has 1 aromatic rings. The van der Waals surface area contributed by atoms with Crippen molar-refractivity contribution in [2.24, 2.45) is 5.92 Å². The second-order valence-corrected chi connectivity index (χ2v) is 6.60. The molecular formula is C15H25N3O2. The zero-order valence-corrected chi connectivity index (χ0v) is 12.6. The number of amides is 1. The minimum atomic E-state index is -0.437. The van der Waals surface area contributed by atoms with Gasteiger partial charge in [-0.1, -0.05) is 6.42 Å². The Bertz CT molecular complexity index is 423. The number of aromatic nitrogens is 2. The summed E-state index contributed by atoms with van der Waals surface area (Å²) in [7, 11) is 0. The van der Waals surface area contributed by atoms with Crippen molar-refractivity contribution in [1.82, 2.24) is 15.1 Å². The molecule has 1 aliphatic rings. The van der Waals surface area contributed by atoms with Crippen LogP contribution in [0.1, 0.15) is 46.5 Å². The summed E-state index contributed by atoms with van der Waals surface area (Å²) < 4.78 is 7.29. The van der Waals surface area contributed by atoms with Crippen LogP contribution >= 0.6 is 0 Å². The van der Waals surface area contributed by atoms with Crippen molar-refractivity contribution in [3.8, 4) is 0 Å². The quantitative estimate of drug-likeness (QED) is 0.925. The molecule has 1 fully saturated rings. The van der Waals surface area contributed by atoms with Crippen molar-refractivity contribution in [3.05, 3.63) is 18.5 Å². The van der Waals surface area contributed by atoms with E-state index in [1.807, 2.05) is 37.7 Å². The number of hydrogen-bond donors (Lipinski definition) is 1. The molecule has 2 rings (SSSR count). The monoisotopic (exact) mass is 279 g/mol. The van der Waals surface area contributed by atoms with E-state index in [9.17, 15) is 4.79 Å². The molecule has 1 N–H and O–H groups in total. The van der Waals surface area contributed by atoms with Gasteiger partial charge in [-0.3, -0.25) is 4.68 Å². The fourth-order valence-electron chi connectivity index (χ4n) is 2.74. The summed E-state index contributed by atoms with van der Waals surface area (Å²) in [5.74, 6) is 0.573. The van der Waals surface area contributed by atoms with Gasteiger partial charge >= 0.3 is 6.09 Å². The van der Waals surface area contributed by atoms with Crippen molar-refractivity contribution in [2.45, 2.75) is 64.6 Å². The molecule has 0 saturated heterocycles. The molecule has 2 atom stereocenters. The third-order valence-electron chi connectivity index (χ3n) is 3.51. The van der Waals surface area contributed by atoms with Crippen LogP contribution in [0.3, 0.4) is 0 Å². The summed E-state index contributed by atoms with van der Waals surface area (Å²) in [6.45, 7) is 6.58. The summed E-state index contributed by atoms with van der Waals surface area (Å²) >= 11 is 0. The van der Waals surface area contributed by atoms with Crippen LogP contribution in [-0.4, -0.2) is 27.5 Å². The fraction of sp³-hybridized carbons (Fsp3) is 0.733. The SMILES string of the molecule is CC(C)(C)OC(=O)NC1CCCC(Cn2cccn2)C1. The van der Waals surface area contributed by atoms with E-state index in [0.717, 1.165) is 25.8 Å². The number of ether oxygens (including phenoxy) is 1. The molecule has 5 nitrogen and oxygen atoms in total. The highest BCUT2D eigenvalue weighted by molar-refractivity contribution is 5.68. The predicted molar refractivity (Wildman–Crippen MR) is 77.3 cm³/mol. The predicted octanol–water partition coefficient (Wildman–Crippen LogP) is 2.97. The molecule has 5 heteroatoms. The Kier molecular flexibility index (Phi) is 4.68. The topological polar surface area (TPSA) is 56.1 Å².